The van der Waals surface area contributed by atoms with E-state index in [0.29, 0.717) is 25.2 Å². The number of fused-ring (bicyclic) bond motifs is 1. The van der Waals surface area contributed by atoms with E-state index in [1.54, 1.807) is 18.5 Å². The molecule has 2 atom stereocenters. The molecule has 2 heterocycles. The van der Waals surface area contributed by atoms with Gasteiger partial charge in [-0.3, -0.25) is 9.98 Å². The van der Waals surface area contributed by atoms with Crippen LogP contribution in [0.2, 0.25) is 0 Å². The lowest BCUT2D eigenvalue weighted by Crippen LogP contribution is -2.23. The van der Waals surface area contributed by atoms with Gasteiger partial charge in [0.15, 0.2) is 5.65 Å². The van der Waals surface area contributed by atoms with Crippen LogP contribution >= 0.6 is 0 Å². The largest absolute Gasteiger partial charge is 0.390 e. The number of aryl methyl sites for hydroxylation is 1. The number of nitrogens with two attached hydrogens (primary N) is 1. The molecule has 0 amide bonds. The smallest absolute Gasteiger partial charge is 0.164 e. The topological polar surface area (TPSA) is 101 Å². The second-order valence-electron chi connectivity index (χ2n) is 11.2. The van der Waals surface area contributed by atoms with Crippen molar-refractivity contribution >= 4 is 29.7 Å². The predicted octanol–water partition coefficient (Wildman–Crippen LogP) is 7.31. The van der Waals surface area contributed by atoms with Gasteiger partial charge < -0.3 is 10.8 Å². The molecule has 3 N–H and O–H groups in total. The van der Waals surface area contributed by atoms with Crippen molar-refractivity contribution in [1.29, 1.82) is 0 Å². The highest BCUT2D eigenvalue weighted by Crippen LogP contribution is 2.36. The fourth-order valence-corrected chi connectivity index (χ4v) is 5.17. The van der Waals surface area contributed by atoms with E-state index in [9.17, 15) is 5.11 Å². The molecular weight excluding hydrogens is 544 g/mol. The van der Waals surface area contributed by atoms with E-state index in [0.717, 1.165) is 58.5 Å². The van der Waals surface area contributed by atoms with Gasteiger partial charge in [0.25, 0.3) is 0 Å². The third-order valence-corrected chi connectivity index (χ3v) is 7.96. The first-order valence-corrected chi connectivity index (χ1v) is 15.3. The maximum absolute atomic E-state index is 10.5. The highest BCUT2D eigenvalue weighted by Gasteiger charge is 2.24. The van der Waals surface area contributed by atoms with E-state index in [1.807, 2.05) is 43.5 Å². The summed E-state index contributed by atoms with van der Waals surface area (Å²) in [5.74, 6) is 0.153. The summed E-state index contributed by atoms with van der Waals surface area (Å²) in [4.78, 5) is 14.0. The van der Waals surface area contributed by atoms with Crippen molar-refractivity contribution in [2.24, 2.45) is 15.7 Å². The molecule has 1 aliphatic carbocycles. The molecule has 0 saturated heterocycles. The molecule has 7 nitrogen and oxygen atoms in total. The Labute approximate surface area is 261 Å². The minimum Gasteiger partial charge on any atom is -0.390 e. The fraction of sp³-hybridized carbons (Fsp3) is 0.297. The van der Waals surface area contributed by atoms with Crippen LogP contribution < -0.4 is 5.73 Å². The third kappa shape index (κ3) is 7.73. The summed E-state index contributed by atoms with van der Waals surface area (Å²) in [6.07, 6.45) is 24.9. The highest BCUT2D eigenvalue weighted by atomic mass is 16.3. The van der Waals surface area contributed by atoms with Crippen LogP contribution in [-0.2, 0) is 6.42 Å². The predicted molar refractivity (Wildman–Crippen MR) is 186 cm³/mol. The van der Waals surface area contributed by atoms with Gasteiger partial charge in [0.05, 0.1) is 23.4 Å². The Hall–Kier alpha value is -4.46. The van der Waals surface area contributed by atoms with Gasteiger partial charge in [-0.1, -0.05) is 86.4 Å². The fourth-order valence-electron chi connectivity index (χ4n) is 5.17. The van der Waals surface area contributed by atoms with E-state index in [2.05, 4.69) is 78.0 Å². The lowest BCUT2D eigenvalue weighted by Gasteiger charge is -2.21. The second-order valence-corrected chi connectivity index (χ2v) is 11.2. The molecule has 2 aromatic heterocycles. The summed E-state index contributed by atoms with van der Waals surface area (Å²) >= 11 is 0. The van der Waals surface area contributed by atoms with Gasteiger partial charge in [-0.2, -0.15) is 5.10 Å². The molecule has 228 valence electrons. The third-order valence-electron chi connectivity index (χ3n) is 7.96. The van der Waals surface area contributed by atoms with Gasteiger partial charge in [0.1, 0.15) is 5.69 Å². The number of aliphatic hydroxyl groups is 1. The Kier molecular flexibility index (Phi) is 11.3. The molecule has 44 heavy (non-hydrogen) atoms. The van der Waals surface area contributed by atoms with Gasteiger partial charge in [0, 0.05) is 47.8 Å². The molecule has 4 rings (SSSR count). The molecule has 7 heteroatoms. The number of allylic oxidation sites excluding steroid dienone is 10. The van der Waals surface area contributed by atoms with Crippen LogP contribution in [0.1, 0.15) is 68.3 Å². The molecule has 3 aromatic rings. The minimum atomic E-state index is -0.666. The maximum Gasteiger partial charge on any atom is 0.164 e. The number of hydrogen-bond acceptors (Lipinski definition) is 6. The summed E-state index contributed by atoms with van der Waals surface area (Å²) < 4.78 is 1.87. The molecule has 0 aliphatic heterocycles. The van der Waals surface area contributed by atoms with Gasteiger partial charge >= 0.3 is 0 Å². The standard InChI is InChI=1S/C37H44N6O/c1-6-9-13-28(7-2)35-33(31(24-39-5)25-40-23-22-38)36-41-34(32(26-43(36)42-35)29-14-11-10-12-15-29)30-18-16-27(17-19-30)20-21-37(4,44)8-3/h6-7,9-14,16-19,24-26,29,44H,1,5,8,15,20-23,38H2,2-4H3/b13-9-,28-7+,31-24+,40-25?/t29?,37-/m1/s1. The van der Waals surface area contributed by atoms with Crippen LogP contribution in [0.15, 0.2) is 102 Å². The number of benzene rings is 1. The Morgan fingerprint density at radius 2 is 2.02 bits per heavy atom. The number of nitrogens with zero attached hydrogens (tertiary/aromatic N) is 5. The highest BCUT2D eigenvalue weighted by molar-refractivity contribution is 6.14. The first kappa shape index (κ1) is 32.5. The molecule has 0 radical (unpaired) electrons. The summed E-state index contributed by atoms with van der Waals surface area (Å²) in [5.41, 5.74) is 13.2. The van der Waals surface area contributed by atoms with Gasteiger partial charge in [0.2, 0.25) is 0 Å². The zero-order chi connectivity index (χ0) is 31.5. The molecule has 0 bridgehead atoms. The first-order chi connectivity index (χ1) is 21.3. The van der Waals surface area contributed by atoms with E-state index in [1.165, 1.54) is 5.56 Å². The van der Waals surface area contributed by atoms with Crippen molar-refractivity contribution in [3.63, 3.8) is 0 Å². The van der Waals surface area contributed by atoms with Crippen molar-refractivity contribution < 1.29 is 5.11 Å². The van der Waals surface area contributed by atoms with Crippen molar-refractivity contribution in [2.75, 3.05) is 13.1 Å². The molecule has 0 spiro atoms. The monoisotopic (exact) mass is 588 g/mol. The minimum absolute atomic E-state index is 0.153. The van der Waals surface area contributed by atoms with E-state index < -0.39 is 5.60 Å². The van der Waals surface area contributed by atoms with E-state index in [-0.39, 0.29) is 5.92 Å². The van der Waals surface area contributed by atoms with Crippen LogP contribution in [0.4, 0.5) is 0 Å². The van der Waals surface area contributed by atoms with Crippen molar-refractivity contribution in [1.82, 2.24) is 14.6 Å². The first-order valence-electron chi connectivity index (χ1n) is 15.3. The molecule has 0 saturated carbocycles. The average Bonchev–Trinajstić information content (AvgIpc) is 3.42. The van der Waals surface area contributed by atoms with Gasteiger partial charge in [-0.15, -0.1) is 0 Å². The molecule has 1 aromatic carbocycles. The van der Waals surface area contributed by atoms with Crippen molar-refractivity contribution in [2.45, 2.75) is 58.0 Å². The number of aliphatic imine (C=N–C) groups is 2. The molecule has 0 fully saturated rings. The Balaban J connectivity index is 1.95. The van der Waals surface area contributed by atoms with Crippen LogP contribution in [0.3, 0.4) is 0 Å². The van der Waals surface area contributed by atoms with Crippen LogP contribution in [-0.4, -0.2) is 51.3 Å². The summed E-state index contributed by atoms with van der Waals surface area (Å²) in [5, 5.41) is 15.6. The Morgan fingerprint density at radius 3 is 2.66 bits per heavy atom. The molecular formula is C37H44N6O. The quantitative estimate of drug-likeness (QED) is 0.152. The maximum atomic E-state index is 10.5. The van der Waals surface area contributed by atoms with Crippen LogP contribution in [0.25, 0.3) is 28.1 Å². The number of aromatic nitrogens is 3. The summed E-state index contributed by atoms with van der Waals surface area (Å²) in [6.45, 7) is 14.4. The number of hydrogen-bond donors (Lipinski definition) is 2. The van der Waals surface area contributed by atoms with Crippen molar-refractivity contribution in [3.8, 4) is 11.3 Å². The van der Waals surface area contributed by atoms with Crippen LogP contribution in [0, 0.1) is 0 Å². The SMILES string of the molecule is C=C/C=C\C(=C/C)c1nn2cc(C3C=CC=CC3)c(-c3ccc(CC[C@](C)(O)CC)cc3)nc2c1/C(C=NCCN)=C/N=C. The van der Waals surface area contributed by atoms with Crippen LogP contribution in [0.5, 0.6) is 0 Å². The summed E-state index contributed by atoms with van der Waals surface area (Å²) in [6, 6.07) is 8.54. The van der Waals surface area contributed by atoms with Crippen molar-refractivity contribution in [3.05, 3.63) is 114 Å². The van der Waals surface area contributed by atoms with E-state index >= 15 is 0 Å². The Bertz CT molecular complexity index is 1650. The second kappa shape index (κ2) is 15.3. The molecule has 1 aliphatic rings. The average molecular weight is 589 g/mol. The lowest BCUT2D eigenvalue weighted by atomic mass is 9.89. The lowest BCUT2D eigenvalue weighted by molar-refractivity contribution is 0.0473. The van der Waals surface area contributed by atoms with E-state index in [4.69, 9.17) is 15.8 Å². The number of rotatable bonds is 14. The zero-order valence-electron chi connectivity index (χ0n) is 26.2. The zero-order valence-corrected chi connectivity index (χ0v) is 26.2. The molecule has 1 unspecified atom stereocenters. The Morgan fingerprint density at radius 1 is 1.23 bits per heavy atom. The van der Waals surface area contributed by atoms with Gasteiger partial charge in [-0.05, 0) is 57.4 Å². The van der Waals surface area contributed by atoms with Gasteiger partial charge in [-0.25, -0.2) is 9.50 Å². The normalized spacial score (nSPS) is 17.2. The summed E-state index contributed by atoms with van der Waals surface area (Å²) in [7, 11) is 0.